The van der Waals surface area contributed by atoms with Gasteiger partial charge in [0.25, 0.3) is 0 Å². The Morgan fingerprint density at radius 2 is 2.29 bits per heavy atom. The van der Waals surface area contributed by atoms with E-state index in [4.69, 9.17) is 9.94 Å². The summed E-state index contributed by atoms with van der Waals surface area (Å²) in [5.74, 6) is 0.168. The van der Waals surface area contributed by atoms with E-state index < -0.39 is 5.97 Å². The van der Waals surface area contributed by atoms with Gasteiger partial charge in [-0.1, -0.05) is 49.6 Å². The van der Waals surface area contributed by atoms with Crippen LogP contribution in [-0.2, 0) is 9.63 Å². The molecule has 2 rings (SSSR count). The second kappa shape index (κ2) is 9.62. The predicted molar refractivity (Wildman–Crippen MR) is 93.8 cm³/mol. The van der Waals surface area contributed by atoms with Crippen molar-refractivity contribution >= 4 is 11.7 Å². The lowest BCUT2D eigenvalue weighted by molar-refractivity contribution is -0.138. The van der Waals surface area contributed by atoms with Crippen LogP contribution in [0, 0.1) is 11.8 Å². The molecule has 0 aromatic carbocycles. The van der Waals surface area contributed by atoms with Crippen LogP contribution in [0.4, 0.5) is 0 Å². The Morgan fingerprint density at radius 3 is 3.04 bits per heavy atom. The maximum Gasteiger partial charge on any atom is 0.306 e. The van der Waals surface area contributed by atoms with Crippen molar-refractivity contribution in [1.82, 2.24) is 0 Å². The zero-order chi connectivity index (χ0) is 17.4. The first-order valence-corrected chi connectivity index (χ1v) is 9.06. The molecule has 0 radical (unpaired) electrons. The van der Waals surface area contributed by atoms with E-state index in [1.54, 1.807) is 0 Å². The maximum atomic E-state index is 10.4. The number of fused-ring (bicyclic) bond motifs is 1. The third-order valence-corrected chi connectivity index (χ3v) is 4.82. The van der Waals surface area contributed by atoms with Crippen LogP contribution in [0.3, 0.4) is 0 Å². The molecule has 0 spiro atoms. The van der Waals surface area contributed by atoms with E-state index in [-0.39, 0.29) is 19.1 Å². The molecule has 24 heavy (non-hydrogen) atoms. The van der Waals surface area contributed by atoms with E-state index >= 15 is 0 Å². The van der Waals surface area contributed by atoms with Crippen LogP contribution in [0.15, 0.2) is 29.0 Å². The maximum absolute atomic E-state index is 10.4. The summed E-state index contributed by atoms with van der Waals surface area (Å²) in [6, 6.07) is 0. The average molecular weight is 335 g/mol. The molecule has 0 saturated heterocycles. The summed E-state index contributed by atoms with van der Waals surface area (Å²) in [6.07, 6.45) is 13.0. The lowest BCUT2D eigenvalue weighted by Gasteiger charge is -2.11. The number of unbranched alkanes of at least 4 members (excludes halogenated alkanes) is 2. The molecule has 0 bridgehead atoms. The minimum absolute atomic E-state index is 0.0204. The van der Waals surface area contributed by atoms with Crippen molar-refractivity contribution in [2.45, 2.75) is 64.4 Å². The number of rotatable bonds is 10. The molecule has 1 unspecified atom stereocenters. The molecule has 0 aromatic rings. The van der Waals surface area contributed by atoms with Crippen molar-refractivity contribution in [3.63, 3.8) is 0 Å². The monoisotopic (exact) mass is 335 g/mol. The van der Waals surface area contributed by atoms with E-state index in [0.717, 1.165) is 37.8 Å². The Morgan fingerprint density at radius 1 is 1.46 bits per heavy atom. The molecule has 0 aliphatic heterocycles. The molecule has 5 heteroatoms. The Kier molecular flexibility index (Phi) is 7.50. The van der Waals surface area contributed by atoms with Crippen molar-refractivity contribution in [1.29, 1.82) is 0 Å². The van der Waals surface area contributed by atoms with Crippen LogP contribution < -0.4 is 0 Å². The third kappa shape index (κ3) is 5.78. The summed E-state index contributed by atoms with van der Waals surface area (Å²) in [5, 5.41) is 22.7. The van der Waals surface area contributed by atoms with E-state index in [2.05, 4.69) is 24.2 Å². The minimum Gasteiger partial charge on any atom is -0.481 e. The van der Waals surface area contributed by atoms with Crippen LogP contribution in [0.1, 0.15) is 58.3 Å². The molecule has 0 amide bonds. The van der Waals surface area contributed by atoms with Gasteiger partial charge in [0, 0.05) is 0 Å². The number of aliphatic hydroxyl groups excluding tert-OH is 1. The van der Waals surface area contributed by atoms with Crippen LogP contribution in [0.25, 0.3) is 0 Å². The second-order valence-corrected chi connectivity index (χ2v) is 6.77. The Bertz CT molecular complexity index is 509. The summed E-state index contributed by atoms with van der Waals surface area (Å²) in [7, 11) is 0. The summed E-state index contributed by atoms with van der Waals surface area (Å²) >= 11 is 0. The first-order chi connectivity index (χ1) is 11.6. The first-order valence-electron chi connectivity index (χ1n) is 9.06. The topological polar surface area (TPSA) is 79.1 Å². The van der Waals surface area contributed by atoms with Crippen LogP contribution in [-0.4, -0.2) is 34.6 Å². The molecule has 134 valence electrons. The standard InChI is InChI=1S/C19H29NO4/c1-2-3-4-5-17(21)9-8-14-6-7-15-12-16(13-18(14)15)20-24-11-10-19(22)23/h6,8-9,15,17-18,21H,2-5,7,10-13H2,1H3,(H,22,23)/b9-8?,20-16-/t15-,17?,18+/m1/s1. The van der Waals surface area contributed by atoms with Crippen molar-refractivity contribution < 1.29 is 19.8 Å². The fraction of sp³-hybridized carbons (Fsp3) is 0.684. The molecule has 1 fully saturated rings. The summed E-state index contributed by atoms with van der Waals surface area (Å²) in [5.41, 5.74) is 2.32. The smallest absolute Gasteiger partial charge is 0.306 e. The van der Waals surface area contributed by atoms with Gasteiger partial charge in [-0.15, -0.1) is 0 Å². The van der Waals surface area contributed by atoms with Gasteiger partial charge < -0.3 is 15.1 Å². The van der Waals surface area contributed by atoms with Crippen molar-refractivity contribution in [3.8, 4) is 0 Å². The SMILES string of the molecule is CCCCCC(O)C=CC1=CC[C@@H]2C/C(=N/OCCC(=O)O)C[C@@H]12. The zero-order valence-corrected chi connectivity index (χ0v) is 14.5. The van der Waals surface area contributed by atoms with Gasteiger partial charge in [0.15, 0.2) is 0 Å². The van der Waals surface area contributed by atoms with Crippen molar-refractivity contribution in [2.75, 3.05) is 6.61 Å². The first kappa shape index (κ1) is 18.7. The number of carboxylic acid groups (broad SMARTS) is 1. The van der Waals surface area contributed by atoms with Crippen LogP contribution >= 0.6 is 0 Å². The molecule has 2 N–H and O–H groups in total. The Balaban J connectivity index is 1.77. The fourth-order valence-electron chi connectivity index (χ4n) is 3.48. The lowest BCUT2D eigenvalue weighted by atomic mass is 9.94. The number of carbonyl (C=O) groups is 1. The second-order valence-electron chi connectivity index (χ2n) is 6.77. The number of hydrogen-bond acceptors (Lipinski definition) is 4. The molecule has 5 nitrogen and oxygen atoms in total. The van der Waals surface area contributed by atoms with Crippen LogP contribution in [0.5, 0.6) is 0 Å². The highest BCUT2D eigenvalue weighted by atomic mass is 16.6. The van der Waals surface area contributed by atoms with Gasteiger partial charge in [-0.2, -0.15) is 0 Å². The summed E-state index contributed by atoms with van der Waals surface area (Å²) in [6.45, 7) is 2.29. The molecule has 0 heterocycles. The Hall–Kier alpha value is -1.62. The number of aliphatic carboxylic acids is 1. The van der Waals surface area contributed by atoms with Gasteiger partial charge in [-0.25, -0.2) is 0 Å². The molecule has 2 aliphatic carbocycles. The predicted octanol–water partition coefficient (Wildman–Crippen LogP) is 3.69. The summed E-state index contributed by atoms with van der Waals surface area (Å²) in [4.78, 5) is 15.6. The van der Waals surface area contributed by atoms with Crippen molar-refractivity contribution in [2.24, 2.45) is 17.0 Å². The highest BCUT2D eigenvalue weighted by molar-refractivity contribution is 5.87. The van der Waals surface area contributed by atoms with Gasteiger partial charge in [0.05, 0.1) is 18.2 Å². The van der Waals surface area contributed by atoms with Gasteiger partial charge in [-0.05, 0) is 43.1 Å². The molecular formula is C19H29NO4. The van der Waals surface area contributed by atoms with E-state index in [0.29, 0.717) is 11.8 Å². The fourth-order valence-corrected chi connectivity index (χ4v) is 3.48. The van der Waals surface area contributed by atoms with Gasteiger partial charge in [-0.3, -0.25) is 4.79 Å². The van der Waals surface area contributed by atoms with Gasteiger partial charge in [0.2, 0.25) is 0 Å². The van der Waals surface area contributed by atoms with E-state index in [1.807, 2.05) is 6.08 Å². The van der Waals surface area contributed by atoms with Crippen LogP contribution in [0.2, 0.25) is 0 Å². The number of hydrogen-bond donors (Lipinski definition) is 2. The lowest BCUT2D eigenvalue weighted by Crippen LogP contribution is -2.04. The zero-order valence-electron chi connectivity index (χ0n) is 14.5. The highest BCUT2D eigenvalue weighted by Crippen LogP contribution is 2.43. The number of aliphatic hydroxyl groups is 1. The molecular weight excluding hydrogens is 306 g/mol. The van der Waals surface area contributed by atoms with Gasteiger partial charge in [0.1, 0.15) is 6.61 Å². The highest BCUT2D eigenvalue weighted by Gasteiger charge is 2.36. The van der Waals surface area contributed by atoms with Gasteiger partial charge >= 0.3 is 5.97 Å². The number of nitrogens with zero attached hydrogens (tertiary/aromatic N) is 1. The summed E-state index contributed by atoms with van der Waals surface area (Å²) < 4.78 is 0. The number of carboxylic acids is 1. The number of oxime groups is 1. The molecule has 0 aromatic heterocycles. The normalized spacial score (nSPS) is 25.9. The minimum atomic E-state index is -0.869. The Labute approximate surface area is 144 Å². The molecule has 1 saturated carbocycles. The number of allylic oxidation sites excluding steroid dienone is 3. The third-order valence-electron chi connectivity index (χ3n) is 4.82. The van der Waals surface area contributed by atoms with E-state index in [9.17, 15) is 9.90 Å². The average Bonchev–Trinajstić information content (AvgIpc) is 3.10. The molecule has 2 aliphatic rings. The van der Waals surface area contributed by atoms with Crippen molar-refractivity contribution in [3.05, 3.63) is 23.8 Å². The quantitative estimate of drug-likeness (QED) is 0.471. The van der Waals surface area contributed by atoms with E-state index in [1.165, 1.54) is 18.4 Å². The molecule has 3 atom stereocenters. The largest absolute Gasteiger partial charge is 0.481 e.